The molecule has 1 aromatic carbocycles. The Bertz CT molecular complexity index is 881. The second-order valence-electron chi connectivity index (χ2n) is 9.00. The fourth-order valence-electron chi connectivity index (χ4n) is 6.14. The number of nitrogens with one attached hydrogen (secondary N) is 2. The van der Waals surface area contributed by atoms with Crippen LogP contribution in [0.1, 0.15) is 38.5 Å². The van der Waals surface area contributed by atoms with Crippen molar-refractivity contribution < 1.29 is 9.47 Å². The Hall–Kier alpha value is -2.70. The number of methoxy groups -OCH3 is 2. The Balaban J connectivity index is 1.40. The van der Waals surface area contributed by atoms with Crippen LogP contribution in [-0.4, -0.2) is 29.7 Å². The van der Waals surface area contributed by atoms with Crippen LogP contribution in [0.4, 0.5) is 23.0 Å². The second kappa shape index (κ2) is 6.97. The molecule has 0 unspecified atom stereocenters. The highest BCUT2D eigenvalue weighted by molar-refractivity contribution is 5.79. The van der Waals surface area contributed by atoms with E-state index in [1.807, 2.05) is 18.2 Å². The maximum atomic E-state index is 6.49. The molecule has 4 N–H and O–H groups in total. The van der Waals surface area contributed by atoms with Gasteiger partial charge in [0.25, 0.3) is 0 Å². The highest BCUT2D eigenvalue weighted by Gasteiger charge is 2.51. The molecule has 7 nitrogen and oxygen atoms in total. The van der Waals surface area contributed by atoms with E-state index in [1.54, 1.807) is 20.5 Å². The first kappa shape index (κ1) is 18.3. The number of anilines is 4. The minimum Gasteiger partial charge on any atom is -0.497 e. The van der Waals surface area contributed by atoms with E-state index in [9.17, 15) is 0 Å². The molecule has 0 radical (unpaired) electrons. The number of benzene rings is 1. The molecule has 0 saturated heterocycles. The average Bonchev–Trinajstić information content (AvgIpc) is 2.70. The van der Waals surface area contributed by atoms with E-state index in [4.69, 9.17) is 15.2 Å². The largest absolute Gasteiger partial charge is 0.497 e. The fraction of sp³-hybridized carbons (Fsp3) is 0.545. The van der Waals surface area contributed by atoms with Crippen molar-refractivity contribution in [3.8, 4) is 11.5 Å². The van der Waals surface area contributed by atoms with E-state index in [-0.39, 0.29) is 5.54 Å². The summed E-state index contributed by atoms with van der Waals surface area (Å²) in [6.45, 7) is 0. The van der Waals surface area contributed by atoms with Gasteiger partial charge in [-0.15, -0.1) is 0 Å². The smallest absolute Gasteiger partial charge is 0.159 e. The van der Waals surface area contributed by atoms with Gasteiger partial charge in [-0.2, -0.15) is 0 Å². The molecule has 1 aromatic heterocycles. The van der Waals surface area contributed by atoms with E-state index in [0.29, 0.717) is 17.3 Å². The van der Waals surface area contributed by atoms with Gasteiger partial charge in [0.2, 0.25) is 0 Å². The quantitative estimate of drug-likeness (QED) is 0.675. The van der Waals surface area contributed by atoms with Crippen molar-refractivity contribution in [2.45, 2.75) is 44.1 Å². The Kier molecular flexibility index (Phi) is 4.41. The van der Waals surface area contributed by atoms with Gasteiger partial charge < -0.3 is 25.8 Å². The SMILES string of the molecule is COc1ccc(Nc2ncnc(NC34CC5CC(CC(C5)C3)C4)c2N)c(OC)c1. The molecular weight excluding hydrogens is 366 g/mol. The monoisotopic (exact) mass is 395 g/mol. The third-order valence-corrected chi connectivity index (χ3v) is 6.97. The number of aromatic nitrogens is 2. The van der Waals surface area contributed by atoms with Gasteiger partial charge in [0.1, 0.15) is 23.5 Å². The Morgan fingerprint density at radius 1 is 0.966 bits per heavy atom. The average molecular weight is 396 g/mol. The summed E-state index contributed by atoms with van der Waals surface area (Å²) < 4.78 is 10.7. The summed E-state index contributed by atoms with van der Waals surface area (Å²) in [7, 11) is 3.26. The van der Waals surface area contributed by atoms with Gasteiger partial charge in [0.05, 0.1) is 19.9 Å². The summed E-state index contributed by atoms with van der Waals surface area (Å²) >= 11 is 0. The highest BCUT2D eigenvalue weighted by atomic mass is 16.5. The van der Waals surface area contributed by atoms with Crippen molar-refractivity contribution in [2.75, 3.05) is 30.6 Å². The molecule has 7 heteroatoms. The van der Waals surface area contributed by atoms with E-state index in [2.05, 4.69) is 20.6 Å². The molecule has 154 valence electrons. The summed E-state index contributed by atoms with van der Waals surface area (Å²) in [5.41, 5.74) is 7.96. The predicted molar refractivity (Wildman–Crippen MR) is 114 cm³/mol. The van der Waals surface area contributed by atoms with Gasteiger partial charge in [-0.3, -0.25) is 0 Å². The standard InChI is InChI=1S/C22H29N5O2/c1-28-16-3-4-17(18(8-16)29-2)26-20-19(23)21(25-12-24-20)27-22-9-13-5-14(10-22)7-15(6-13)11-22/h3-4,8,12-15H,5-7,9-11,23H2,1-2H3,(H2,24,25,26,27). The summed E-state index contributed by atoms with van der Waals surface area (Å²) in [5.74, 6) is 5.28. The lowest BCUT2D eigenvalue weighted by Crippen LogP contribution is -2.55. The first-order chi connectivity index (χ1) is 14.1. The van der Waals surface area contributed by atoms with Crippen LogP contribution in [0.5, 0.6) is 11.5 Å². The molecule has 4 aliphatic carbocycles. The molecule has 4 fully saturated rings. The van der Waals surface area contributed by atoms with Crippen LogP contribution >= 0.6 is 0 Å². The van der Waals surface area contributed by atoms with E-state index in [1.165, 1.54) is 38.5 Å². The van der Waals surface area contributed by atoms with E-state index < -0.39 is 0 Å². The number of hydrogen-bond donors (Lipinski definition) is 3. The summed E-state index contributed by atoms with van der Waals surface area (Å²) in [6.07, 6.45) is 9.49. The number of ether oxygens (including phenoxy) is 2. The molecule has 0 amide bonds. The predicted octanol–water partition coefficient (Wildman–Crippen LogP) is 4.20. The van der Waals surface area contributed by atoms with Crippen molar-refractivity contribution in [3.05, 3.63) is 24.5 Å². The molecular formula is C22H29N5O2. The first-order valence-electron chi connectivity index (χ1n) is 10.4. The van der Waals surface area contributed by atoms with Crippen molar-refractivity contribution in [2.24, 2.45) is 17.8 Å². The zero-order valence-electron chi connectivity index (χ0n) is 17.1. The first-order valence-corrected chi connectivity index (χ1v) is 10.4. The lowest BCUT2D eigenvalue weighted by atomic mass is 9.53. The van der Waals surface area contributed by atoms with Crippen molar-refractivity contribution in [3.63, 3.8) is 0 Å². The second-order valence-corrected chi connectivity index (χ2v) is 9.00. The zero-order chi connectivity index (χ0) is 20.0. The van der Waals surface area contributed by atoms with Gasteiger partial charge in [-0.05, 0) is 68.4 Å². The van der Waals surface area contributed by atoms with Gasteiger partial charge in [0, 0.05) is 11.6 Å². The molecule has 0 atom stereocenters. The van der Waals surface area contributed by atoms with Gasteiger partial charge in [-0.25, -0.2) is 9.97 Å². The Labute approximate surface area is 171 Å². The molecule has 2 aromatic rings. The molecule has 29 heavy (non-hydrogen) atoms. The Morgan fingerprint density at radius 3 is 2.24 bits per heavy atom. The van der Waals surface area contributed by atoms with Crippen molar-refractivity contribution in [1.82, 2.24) is 9.97 Å². The van der Waals surface area contributed by atoms with Crippen LogP contribution in [0.3, 0.4) is 0 Å². The third-order valence-electron chi connectivity index (χ3n) is 6.97. The van der Waals surface area contributed by atoms with E-state index in [0.717, 1.165) is 35.0 Å². The highest BCUT2D eigenvalue weighted by Crippen LogP contribution is 2.56. The van der Waals surface area contributed by atoms with Crippen LogP contribution in [0.2, 0.25) is 0 Å². The van der Waals surface area contributed by atoms with Gasteiger partial charge in [0.15, 0.2) is 11.6 Å². The third kappa shape index (κ3) is 3.32. The molecule has 1 heterocycles. The fourth-order valence-corrected chi connectivity index (χ4v) is 6.14. The van der Waals surface area contributed by atoms with Crippen molar-refractivity contribution in [1.29, 1.82) is 0 Å². The van der Waals surface area contributed by atoms with Gasteiger partial charge in [-0.1, -0.05) is 0 Å². The molecule has 6 rings (SSSR count). The van der Waals surface area contributed by atoms with Crippen LogP contribution in [0, 0.1) is 17.8 Å². The van der Waals surface area contributed by atoms with Crippen LogP contribution in [0.15, 0.2) is 24.5 Å². The topological polar surface area (TPSA) is 94.3 Å². The maximum Gasteiger partial charge on any atom is 0.159 e. The molecule has 0 aliphatic heterocycles. The number of nitrogens with zero attached hydrogens (tertiary/aromatic N) is 2. The minimum absolute atomic E-state index is 0.145. The summed E-state index contributed by atoms with van der Waals surface area (Å²) in [5, 5.41) is 7.06. The number of nitrogens with two attached hydrogens (primary N) is 1. The summed E-state index contributed by atoms with van der Waals surface area (Å²) in [4.78, 5) is 8.86. The number of hydrogen-bond acceptors (Lipinski definition) is 7. The van der Waals surface area contributed by atoms with Crippen LogP contribution < -0.4 is 25.8 Å². The number of nitrogen functional groups attached to an aromatic ring is 1. The minimum atomic E-state index is 0.145. The Morgan fingerprint density at radius 2 is 1.62 bits per heavy atom. The van der Waals surface area contributed by atoms with Gasteiger partial charge >= 0.3 is 0 Å². The molecule has 0 spiro atoms. The zero-order valence-corrected chi connectivity index (χ0v) is 17.1. The lowest BCUT2D eigenvalue weighted by molar-refractivity contribution is 0.0106. The molecule has 4 bridgehead atoms. The maximum absolute atomic E-state index is 6.49. The van der Waals surface area contributed by atoms with Crippen LogP contribution in [-0.2, 0) is 0 Å². The lowest BCUT2D eigenvalue weighted by Gasteiger charge is -2.57. The van der Waals surface area contributed by atoms with E-state index >= 15 is 0 Å². The molecule has 4 saturated carbocycles. The molecule has 4 aliphatic rings. The van der Waals surface area contributed by atoms with Crippen LogP contribution in [0.25, 0.3) is 0 Å². The normalized spacial score (nSPS) is 29.5. The number of rotatable bonds is 6. The summed E-state index contributed by atoms with van der Waals surface area (Å²) in [6, 6.07) is 5.59. The van der Waals surface area contributed by atoms with Crippen molar-refractivity contribution >= 4 is 23.0 Å².